The Morgan fingerprint density at radius 1 is 1.32 bits per heavy atom. The summed E-state index contributed by atoms with van der Waals surface area (Å²) in [6.07, 6.45) is -5.38. The largest absolute Gasteiger partial charge is 0.472 e. The van der Waals surface area contributed by atoms with Crippen molar-refractivity contribution < 1.29 is 31.3 Å². The number of non-ortho nitro benzene ring substituents is 1. The summed E-state index contributed by atoms with van der Waals surface area (Å²) in [5, 5.41) is 10.4. The number of sulfonamides is 1. The van der Waals surface area contributed by atoms with E-state index in [-0.39, 0.29) is 0 Å². The van der Waals surface area contributed by atoms with Crippen LogP contribution in [0.2, 0.25) is 0 Å². The van der Waals surface area contributed by atoms with E-state index >= 15 is 0 Å². The summed E-state index contributed by atoms with van der Waals surface area (Å²) in [4.78, 5) is 19.2. The summed E-state index contributed by atoms with van der Waals surface area (Å²) in [6, 6.07) is 3.26. The number of alkyl halides is 3. The fraction of sp³-hybridized carbons (Fsp3) is 0.125. The first kappa shape index (κ1) is 14.9. The first-order chi connectivity index (χ1) is 8.54. The Labute approximate surface area is 104 Å². The number of carbonyl (C=O) groups is 1. The molecule has 0 aliphatic carbocycles. The second kappa shape index (κ2) is 4.84. The number of hydrogen-bond donors (Lipinski definition) is 1. The van der Waals surface area contributed by atoms with Crippen LogP contribution in [0.1, 0.15) is 0 Å². The average molecular weight is 298 g/mol. The van der Waals surface area contributed by atoms with Crippen LogP contribution in [-0.2, 0) is 14.8 Å². The Bertz CT molecular complexity index is 626. The molecule has 1 rings (SSSR count). The van der Waals surface area contributed by atoms with Crippen molar-refractivity contribution in [2.24, 2.45) is 0 Å². The molecule has 0 unspecified atom stereocenters. The predicted octanol–water partition coefficient (Wildman–Crippen LogP) is 0.962. The van der Waals surface area contributed by atoms with Crippen molar-refractivity contribution in [3.8, 4) is 0 Å². The van der Waals surface area contributed by atoms with Gasteiger partial charge in [0.25, 0.3) is 15.7 Å². The summed E-state index contributed by atoms with van der Waals surface area (Å²) >= 11 is 0. The van der Waals surface area contributed by atoms with Gasteiger partial charge in [-0.2, -0.15) is 13.2 Å². The van der Waals surface area contributed by atoms with Crippen LogP contribution in [0.25, 0.3) is 0 Å². The Hall–Kier alpha value is -2.17. The van der Waals surface area contributed by atoms with Gasteiger partial charge in [0.15, 0.2) is 0 Å². The first-order valence-electron chi connectivity index (χ1n) is 4.42. The third kappa shape index (κ3) is 3.64. The minimum absolute atomic E-state index is 0.534. The normalized spacial score (nSPS) is 11.9. The number of nitrogens with one attached hydrogen (secondary N) is 1. The molecule has 1 amide bonds. The molecule has 1 aromatic rings. The molecular formula is C8H5F3N2O5S. The van der Waals surface area contributed by atoms with Gasteiger partial charge in [-0.15, -0.1) is 0 Å². The number of amides is 1. The van der Waals surface area contributed by atoms with Crippen LogP contribution >= 0.6 is 0 Å². The molecule has 0 saturated carbocycles. The number of carbonyl (C=O) groups excluding carboxylic acids is 1. The second-order valence-corrected chi connectivity index (χ2v) is 4.87. The van der Waals surface area contributed by atoms with Crippen LogP contribution in [-0.4, -0.2) is 25.4 Å². The molecule has 0 atom stereocenters. The number of nitro groups is 1. The maximum Gasteiger partial charge on any atom is 0.472 e. The van der Waals surface area contributed by atoms with E-state index in [0.717, 1.165) is 22.9 Å². The van der Waals surface area contributed by atoms with E-state index in [0.29, 0.717) is 6.07 Å². The number of nitrogens with zero attached hydrogens (tertiary/aromatic N) is 1. The van der Waals surface area contributed by atoms with Crippen molar-refractivity contribution in [1.82, 2.24) is 4.72 Å². The molecule has 0 saturated heterocycles. The molecule has 0 aliphatic heterocycles. The van der Waals surface area contributed by atoms with E-state index in [2.05, 4.69) is 0 Å². The highest BCUT2D eigenvalue weighted by Gasteiger charge is 2.41. The number of benzene rings is 1. The summed E-state index contributed by atoms with van der Waals surface area (Å²) in [6.45, 7) is 0. The van der Waals surface area contributed by atoms with E-state index < -0.39 is 37.6 Å². The Morgan fingerprint density at radius 3 is 2.37 bits per heavy atom. The molecule has 1 N–H and O–H groups in total. The lowest BCUT2D eigenvalue weighted by molar-refractivity contribution is -0.385. The molecule has 0 fully saturated rings. The minimum atomic E-state index is -5.38. The van der Waals surface area contributed by atoms with Gasteiger partial charge in [-0.1, -0.05) is 6.07 Å². The molecule has 0 spiro atoms. The highest BCUT2D eigenvalue weighted by atomic mass is 32.2. The van der Waals surface area contributed by atoms with Gasteiger partial charge in [0.1, 0.15) is 0 Å². The van der Waals surface area contributed by atoms with Crippen molar-refractivity contribution >= 4 is 21.6 Å². The van der Waals surface area contributed by atoms with Gasteiger partial charge in [0.05, 0.1) is 9.82 Å². The molecule has 1 aromatic carbocycles. The van der Waals surface area contributed by atoms with Gasteiger partial charge in [-0.25, -0.2) is 13.1 Å². The molecule has 0 bridgehead atoms. The molecule has 104 valence electrons. The fourth-order valence-corrected chi connectivity index (χ4v) is 2.01. The number of hydrogen-bond acceptors (Lipinski definition) is 5. The van der Waals surface area contributed by atoms with Gasteiger partial charge >= 0.3 is 12.1 Å². The molecule has 19 heavy (non-hydrogen) atoms. The zero-order chi connectivity index (χ0) is 14.8. The van der Waals surface area contributed by atoms with E-state index in [1.807, 2.05) is 0 Å². The van der Waals surface area contributed by atoms with Crippen LogP contribution in [0.15, 0.2) is 29.2 Å². The van der Waals surface area contributed by atoms with E-state index in [1.165, 1.54) is 0 Å². The molecule has 0 aromatic heterocycles. The van der Waals surface area contributed by atoms with Gasteiger partial charge in [0.2, 0.25) is 0 Å². The van der Waals surface area contributed by atoms with E-state index in [9.17, 15) is 36.5 Å². The smallest absolute Gasteiger partial charge is 0.263 e. The third-order valence-electron chi connectivity index (χ3n) is 1.82. The van der Waals surface area contributed by atoms with Crippen LogP contribution < -0.4 is 4.72 Å². The van der Waals surface area contributed by atoms with Crippen LogP contribution in [0, 0.1) is 10.1 Å². The molecule has 0 heterocycles. The van der Waals surface area contributed by atoms with Crippen molar-refractivity contribution in [3.63, 3.8) is 0 Å². The molecule has 0 aliphatic rings. The highest BCUT2D eigenvalue weighted by molar-refractivity contribution is 7.90. The standard InChI is InChI=1S/C8H5F3N2O5S/c9-8(10,11)7(14)12-19(17,18)6-3-1-2-5(4-6)13(15)16/h1-4H,(H,12,14). The first-order valence-corrected chi connectivity index (χ1v) is 5.91. The summed E-state index contributed by atoms with van der Waals surface area (Å²) in [7, 11) is -4.82. The highest BCUT2D eigenvalue weighted by Crippen LogP contribution is 2.19. The molecule has 0 radical (unpaired) electrons. The fourth-order valence-electron chi connectivity index (χ4n) is 1.00. The SMILES string of the molecule is O=C(NS(=O)(=O)c1cccc([N+](=O)[O-])c1)C(F)(F)F. The van der Waals surface area contributed by atoms with E-state index in [1.54, 1.807) is 0 Å². The van der Waals surface area contributed by atoms with Crippen molar-refractivity contribution in [1.29, 1.82) is 0 Å². The molecular weight excluding hydrogens is 293 g/mol. The van der Waals surface area contributed by atoms with Crippen molar-refractivity contribution in [3.05, 3.63) is 34.4 Å². The second-order valence-electron chi connectivity index (χ2n) is 3.19. The number of rotatable bonds is 3. The van der Waals surface area contributed by atoms with Gasteiger partial charge < -0.3 is 0 Å². The average Bonchev–Trinajstić information content (AvgIpc) is 2.27. The van der Waals surface area contributed by atoms with E-state index in [4.69, 9.17) is 0 Å². The van der Waals surface area contributed by atoms with Gasteiger partial charge in [-0.05, 0) is 6.07 Å². The summed E-state index contributed by atoms with van der Waals surface area (Å²) in [5.41, 5.74) is -0.637. The zero-order valence-corrected chi connectivity index (χ0v) is 9.66. The lowest BCUT2D eigenvalue weighted by Gasteiger charge is -2.08. The predicted molar refractivity (Wildman–Crippen MR) is 54.5 cm³/mol. The third-order valence-corrected chi connectivity index (χ3v) is 3.15. The van der Waals surface area contributed by atoms with Gasteiger partial charge in [-0.3, -0.25) is 14.9 Å². The Balaban J connectivity index is 3.11. The van der Waals surface area contributed by atoms with Crippen molar-refractivity contribution in [2.75, 3.05) is 0 Å². The maximum atomic E-state index is 11.9. The van der Waals surface area contributed by atoms with Crippen LogP contribution in [0.4, 0.5) is 18.9 Å². The summed E-state index contributed by atoms with van der Waals surface area (Å²) < 4.78 is 59.3. The van der Waals surface area contributed by atoms with Gasteiger partial charge in [0, 0.05) is 12.1 Å². The van der Waals surface area contributed by atoms with Crippen LogP contribution in [0.5, 0.6) is 0 Å². The monoisotopic (exact) mass is 298 g/mol. The maximum absolute atomic E-state index is 11.9. The molecule has 7 nitrogen and oxygen atoms in total. The Kier molecular flexibility index (Phi) is 3.79. The topological polar surface area (TPSA) is 106 Å². The zero-order valence-electron chi connectivity index (χ0n) is 8.84. The lowest BCUT2D eigenvalue weighted by Crippen LogP contribution is -2.40. The molecule has 11 heteroatoms. The van der Waals surface area contributed by atoms with Crippen molar-refractivity contribution in [2.45, 2.75) is 11.1 Å². The number of nitro benzene ring substituents is 1. The Morgan fingerprint density at radius 2 is 1.89 bits per heavy atom. The van der Waals surface area contributed by atoms with Crippen LogP contribution in [0.3, 0.4) is 0 Å². The number of halogens is 3. The quantitative estimate of drug-likeness (QED) is 0.660. The lowest BCUT2D eigenvalue weighted by atomic mass is 10.3. The minimum Gasteiger partial charge on any atom is -0.263 e. The summed E-state index contributed by atoms with van der Waals surface area (Å²) in [5.74, 6) is -2.68.